The fourth-order valence-electron chi connectivity index (χ4n) is 2.74. The lowest BCUT2D eigenvalue weighted by molar-refractivity contribution is 0.0938. The van der Waals surface area contributed by atoms with Gasteiger partial charge in [0, 0.05) is 36.3 Å². The van der Waals surface area contributed by atoms with Gasteiger partial charge in [0.1, 0.15) is 0 Å². The summed E-state index contributed by atoms with van der Waals surface area (Å²) in [4.78, 5) is 16.3. The summed E-state index contributed by atoms with van der Waals surface area (Å²) in [6.07, 6.45) is 3.64. The Bertz CT molecular complexity index is 587. The van der Waals surface area contributed by atoms with E-state index < -0.39 is 0 Å². The molecule has 128 valence electrons. The van der Waals surface area contributed by atoms with Crippen LogP contribution in [0.5, 0.6) is 0 Å². The van der Waals surface area contributed by atoms with E-state index in [4.69, 9.17) is 0 Å². The number of benzene rings is 1. The molecule has 1 aliphatic carbocycles. The second-order valence-corrected chi connectivity index (χ2v) is 4.65. The summed E-state index contributed by atoms with van der Waals surface area (Å²) in [6.45, 7) is 14.0. The predicted molar refractivity (Wildman–Crippen MR) is 99.0 cm³/mol. The minimum Gasteiger partial charge on any atom is -0.337 e. The molecule has 3 heteroatoms. The third-order valence-corrected chi connectivity index (χ3v) is 3.65. The maximum atomic E-state index is 12.2. The van der Waals surface area contributed by atoms with Crippen LogP contribution in [0.3, 0.4) is 0 Å². The minimum atomic E-state index is 0.00259. The molecule has 2 atom stereocenters. The lowest BCUT2D eigenvalue weighted by Crippen LogP contribution is -2.13. The Morgan fingerprint density at radius 2 is 1.57 bits per heavy atom. The molecular formula is C20H32N2O. The molecule has 3 nitrogen and oxygen atoms in total. The van der Waals surface area contributed by atoms with Crippen LogP contribution in [0.15, 0.2) is 36.8 Å². The van der Waals surface area contributed by atoms with Gasteiger partial charge in [-0.25, -0.2) is 4.98 Å². The second-order valence-electron chi connectivity index (χ2n) is 4.65. The summed E-state index contributed by atoms with van der Waals surface area (Å²) in [7, 11) is 1.97. The van der Waals surface area contributed by atoms with E-state index >= 15 is 0 Å². The van der Waals surface area contributed by atoms with Gasteiger partial charge in [-0.05, 0) is 5.56 Å². The van der Waals surface area contributed by atoms with Crippen LogP contribution >= 0.6 is 0 Å². The van der Waals surface area contributed by atoms with Gasteiger partial charge in [-0.1, -0.05) is 72.7 Å². The highest BCUT2D eigenvalue weighted by Crippen LogP contribution is 2.41. The van der Waals surface area contributed by atoms with E-state index in [1.54, 1.807) is 6.33 Å². The zero-order valence-electron chi connectivity index (χ0n) is 15.9. The molecule has 2 aromatic rings. The van der Waals surface area contributed by atoms with Gasteiger partial charge in [0.25, 0.3) is 0 Å². The first-order chi connectivity index (χ1) is 11.2. The first kappa shape index (κ1) is 21.1. The molecule has 0 aliphatic heterocycles. The first-order valence-electron chi connectivity index (χ1n) is 8.79. The Labute approximate surface area is 141 Å². The number of imidazole rings is 1. The van der Waals surface area contributed by atoms with Crippen molar-refractivity contribution in [3.05, 3.63) is 53.6 Å². The number of nitrogens with zero attached hydrogens (tertiary/aromatic N) is 2. The molecule has 0 N–H and O–H groups in total. The monoisotopic (exact) mass is 316 g/mol. The molecule has 0 saturated carbocycles. The molecule has 1 aromatic carbocycles. The zero-order valence-corrected chi connectivity index (χ0v) is 15.9. The molecule has 1 aromatic heterocycles. The number of carbonyl (C=O) groups excluding carboxylic acids is 1. The number of carbonyl (C=O) groups is 1. The number of fused-ring (bicyclic) bond motifs is 1. The smallest absolute Gasteiger partial charge is 0.166 e. The van der Waals surface area contributed by atoms with Crippen molar-refractivity contribution in [1.29, 1.82) is 0 Å². The Balaban J connectivity index is 0.000000728. The number of aryl methyl sites for hydroxylation is 1. The maximum Gasteiger partial charge on any atom is 0.166 e. The molecule has 1 aliphatic rings. The Morgan fingerprint density at radius 3 is 2.09 bits per heavy atom. The molecule has 0 spiro atoms. The zero-order chi connectivity index (χ0) is 18.0. The highest BCUT2D eigenvalue weighted by molar-refractivity contribution is 6.03. The van der Waals surface area contributed by atoms with Gasteiger partial charge in [0.15, 0.2) is 5.78 Å². The van der Waals surface area contributed by atoms with Crippen molar-refractivity contribution in [2.45, 2.75) is 54.4 Å². The summed E-state index contributed by atoms with van der Waals surface area (Å²) in [5, 5.41) is 0. The SMILES string of the molecule is CC.CC.CC.CC1C(=O)c2ccccc2C1c1cncn1C. The summed E-state index contributed by atoms with van der Waals surface area (Å²) in [5.41, 5.74) is 3.11. The number of hydrogen-bond acceptors (Lipinski definition) is 2. The van der Waals surface area contributed by atoms with Gasteiger partial charge in [-0.15, -0.1) is 0 Å². The quantitative estimate of drug-likeness (QED) is 0.700. The molecule has 0 amide bonds. The van der Waals surface area contributed by atoms with Crippen molar-refractivity contribution in [1.82, 2.24) is 9.55 Å². The fourth-order valence-corrected chi connectivity index (χ4v) is 2.74. The number of hydrogen-bond donors (Lipinski definition) is 0. The number of ketones is 1. The highest BCUT2D eigenvalue weighted by atomic mass is 16.1. The van der Waals surface area contributed by atoms with E-state index in [9.17, 15) is 4.79 Å². The Kier molecular flexibility index (Phi) is 9.87. The summed E-state index contributed by atoms with van der Waals surface area (Å²) in [6, 6.07) is 7.89. The van der Waals surface area contributed by atoms with E-state index in [1.165, 1.54) is 0 Å². The van der Waals surface area contributed by atoms with Gasteiger partial charge < -0.3 is 4.57 Å². The Hall–Kier alpha value is -1.90. The van der Waals surface area contributed by atoms with Crippen LogP contribution in [0.2, 0.25) is 0 Å². The van der Waals surface area contributed by atoms with Crippen LogP contribution in [0.1, 0.15) is 76.0 Å². The average Bonchev–Trinajstić information content (AvgIpc) is 3.15. The molecule has 23 heavy (non-hydrogen) atoms. The highest BCUT2D eigenvalue weighted by Gasteiger charge is 2.38. The lowest BCUT2D eigenvalue weighted by Gasteiger charge is -2.15. The number of rotatable bonds is 1. The van der Waals surface area contributed by atoms with Crippen LogP contribution in [-0.2, 0) is 7.05 Å². The average molecular weight is 316 g/mol. The van der Waals surface area contributed by atoms with Crippen molar-refractivity contribution in [2.24, 2.45) is 13.0 Å². The van der Waals surface area contributed by atoms with Crippen LogP contribution in [0.4, 0.5) is 0 Å². The van der Waals surface area contributed by atoms with E-state index in [0.29, 0.717) is 0 Å². The van der Waals surface area contributed by atoms with Gasteiger partial charge in [0.2, 0.25) is 0 Å². The predicted octanol–water partition coefficient (Wildman–Crippen LogP) is 5.46. The maximum absolute atomic E-state index is 12.2. The largest absolute Gasteiger partial charge is 0.337 e. The molecule has 0 fully saturated rings. The summed E-state index contributed by atoms with van der Waals surface area (Å²) >= 11 is 0. The molecule has 2 unspecified atom stereocenters. The van der Waals surface area contributed by atoms with Crippen molar-refractivity contribution >= 4 is 5.78 Å². The lowest BCUT2D eigenvalue weighted by atomic mass is 9.91. The van der Waals surface area contributed by atoms with E-state index in [-0.39, 0.29) is 17.6 Å². The third-order valence-electron chi connectivity index (χ3n) is 3.65. The van der Waals surface area contributed by atoms with Crippen LogP contribution in [0.25, 0.3) is 0 Å². The topological polar surface area (TPSA) is 34.9 Å². The Morgan fingerprint density at radius 1 is 1.00 bits per heavy atom. The van der Waals surface area contributed by atoms with Crippen molar-refractivity contribution in [2.75, 3.05) is 0 Å². The fraction of sp³-hybridized carbons (Fsp3) is 0.500. The molecule has 3 rings (SSSR count). The summed E-state index contributed by atoms with van der Waals surface area (Å²) < 4.78 is 2.00. The van der Waals surface area contributed by atoms with Gasteiger partial charge in [0.05, 0.1) is 6.33 Å². The van der Waals surface area contributed by atoms with Crippen molar-refractivity contribution < 1.29 is 4.79 Å². The normalized spacial score (nSPS) is 17.7. The second kappa shape index (κ2) is 10.8. The molecular weight excluding hydrogens is 284 g/mol. The standard InChI is InChI=1S/C14H14N2O.3C2H6/c1-9-13(12-7-15-8-16(12)2)10-5-3-4-6-11(10)14(9)17;3*1-2/h3-9,13H,1-2H3;3*1-2H3. The first-order valence-corrected chi connectivity index (χ1v) is 8.79. The van der Waals surface area contributed by atoms with E-state index in [2.05, 4.69) is 11.1 Å². The van der Waals surface area contributed by atoms with E-state index in [1.807, 2.05) is 84.5 Å². The third kappa shape index (κ3) is 4.31. The number of aromatic nitrogens is 2. The van der Waals surface area contributed by atoms with Gasteiger partial charge in [-0.2, -0.15) is 0 Å². The van der Waals surface area contributed by atoms with Crippen LogP contribution < -0.4 is 0 Å². The number of Topliss-reactive ketones (excluding diaryl/α,β-unsaturated/α-hetero) is 1. The van der Waals surface area contributed by atoms with Crippen molar-refractivity contribution in [3.8, 4) is 0 Å². The van der Waals surface area contributed by atoms with Gasteiger partial charge >= 0.3 is 0 Å². The van der Waals surface area contributed by atoms with Crippen molar-refractivity contribution in [3.63, 3.8) is 0 Å². The minimum absolute atomic E-state index is 0.00259. The van der Waals surface area contributed by atoms with Crippen LogP contribution in [0, 0.1) is 5.92 Å². The molecule has 0 saturated heterocycles. The van der Waals surface area contributed by atoms with E-state index in [0.717, 1.165) is 16.8 Å². The molecule has 1 heterocycles. The summed E-state index contributed by atoms with van der Waals surface area (Å²) in [5.74, 6) is 0.390. The van der Waals surface area contributed by atoms with Gasteiger partial charge in [-0.3, -0.25) is 4.79 Å². The molecule has 0 bridgehead atoms. The van der Waals surface area contributed by atoms with Crippen LogP contribution in [-0.4, -0.2) is 15.3 Å². The molecule has 0 radical (unpaired) electrons.